The highest BCUT2D eigenvalue weighted by molar-refractivity contribution is 7.13. The first-order chi connectivity index (χ1) is 8.33. The average molecular weight is 263 g/mol. The fraction of sp³-hybridized carbons (Fsp3) is 0. The first-order valence-corrected chi connectivity index (χ1v) is 6.22. The van der Waals surface area contributed by atoms with Crippen LogP contribution in [0.15, 0.2) is 46.3 Å². The molecule has 3 aromatic rings. The molecule has 3 nitrogen and oxygen atoms in total. The molecule has 0 unspecified atom stereocenters. The summed E-state index contributed by atoms with van der Waals surface area (Å²) in [6.45, 7) is 0. The number of nitrogens with zero attached hydrogens (tertiary/aromatic N) is 2. The van der Waals surface area contributed by atoms with E-state index in [-0.39, 0.29) is 0 Å². The van der Waals surface area contributed by atoms with E-state index in [1.807, 2.05) is 29.6 Å². The molecule has 0 aliphatic rings. The first kappa shape index (κ1) is 10.5. The molecule has 84 valence electrons. The molecule has 0 atom stereocenters. The van der Waals surface area contributed by atoms with E-state index >= 15 is 0 Å². The second kappa shape index (κ2) is 4.31. The van der Waals surface area contributed by atoms with E-state index in [0.29, 0.717) is 16.7 Å². The van der Waals surface area contributed by atoms with Crippen LogP contribution in [0.4, 0.5) is 0 Å². The Morgan fingerprint density at radius 3 is 2.65 bits per heavy atom. The van der Waals surface area contributed by atoms with Crippen LogP contribution in [0.5, 0.6) is 0 Å². The van der Waals surface area contributed by atoms with Crippen molar-refractivity contribution in [3.05, 3.63) is 46.8 Å². The lowest BCUT2D eigenvalue weighted by atomic mass is 10.2. The average Bonchev–Trinajstić information content (AvgIpc) is 3.00. The number of benzene rings is 1. The van der Waals surface area contributed by atoms with Crippen LogP contribution in [0.1, 0.15) is 0 Å². The van der Waals surface area contributed by atoms with E-state index in [9.17, 15) is 0 Å². The second-order valence-electron chi connectivity index (χ2n) is 3.41. The molecule has 0 fully saturated rings. The largest absolute Gasteiger partial charge is 0.333 e. The van der Waals surface area contributed by atoms with Crippen LogP contribution in [-0.2, 0) is 0 Å². The highest BCUT2D eigenvalue weighted by Crippen LogP contribution is 2.26. The Balaban J connectivity index is 1.98. The molecule has 0 aliphatic carbocycles. The van der Waals surface area contributed by atoms with Gasteiger partial charge in [0.05, 0.1) is 4.88 Å². The lowest BCUT2D eigenvalue weighted by molar-refractivity contribution is 0.433. The quantitative estimate of drug-likeness (QED) is 0.697. The van der Waals surface area contributed by atoms with Crippen molar-refractivity contribution in [2.75, 3.05) is 0 Å². The zero-order valence-electron chi connectivity index (χ0n) is 8.63. The molecule has 0 amide bonds. The number of halogens is 1. The number of thiophene rings is 1. The third-order valence-electron chi connectivity index (χ3n) is 2.26. The Hall–Kier alpha value is -1.65. The minimum absolute atomic E-state index is 0.546. The van der Waals surface area contributed by atoms with Crippen molar-refractivity contribution in [1.29, 1.82) is 0 Å². The van der Waals surface area contributed by atoms with Gasteiger partial charge in [-0.15, -0.1) is 11.3 Å². The molecule has 1 aromatic carbocycles. The summed E-state index contributed by atoms with van der Waals surface area (Å²) in [6, 6.07) is 11.2. The van der Waals surface area contributed by atoms with Crippen LogP contribution < -0.4 is 0 Å². The van der Waals surface area contributed by atoms with Gasteiger partial charge in [-0.05, 0) is 35.7 Å². The summed E-state index contributed by atoms with van der Waals surface area (Å²) < 4.78 is 5.21. The normalized spacial score (nSPS) is 10.6. The summed E-state index contributed by atoms with van der Waals surface area (Å²) in [7, 11) is 0. The predicted molar refractivity (Wildman–Crippen MR) is 68.1 cm³/mol. The molecular weight excluding hydrogens is 256 g/mol. The van der Waals surface area contributed by atoms with Crippen molar-refractivity contribution < 1.29 is 4.52 Å². The molecule has 0 saturated heterocycles. The Morgan fingerprint density at radius 2 is 1.94 bits per heavy atom. The van der Waals surface area contributed by atoms with E-state index in [2.05, 4.69) is 10.1 Å². The van der Waals surface area contributed by atoms with Gasteiger partial charge in [0.15, 0.2) is 0 Å². The molecule has 2 heterocycles. The summed E-state index contributed by atoms with van der Waals surface area (Å²) in [6.07, 6.45) is 0. The SMILES string of the molecule is Clc1ccc(-c2noc(-c3cccs3)n2)cc1. The zero-order valence-corrected chi connectivity index (χ0v) is 10.2. The minimum Gasteiger partial charge on any atom is -0.333 e. The Morgan fingerprint density at radius 1 is 1.12 bits per heavy atom. The van der Waals surface area contributed by atoms with Gasteiger partial charge in [-0.3, -0.25) is 0 Å². The summed E-state index contributed by atoms with van der Waals surface area (Å²) >= 11 is 7.39. The van der Waals surface area contributed by atoms with Gasteiger partial charge in [0.2, 0.25) is 5.82 Å². The number of hydrogen-bond acceptors (Lipinski definition) is 4. The van der Waals surface area contributed by atoms with Crippen molar-refractivity contribution in [3.63, 3.8) is 0 Å². The maximum atomic E-state index is 5.82. The lowest BCUT2D eigenvalue weighted by Crippen LogP contribution is -1.79. The second-order valence-corrected chi connectivity index (χ2v) is 4.79. The standard InChI is InChI=1S/C12H7ClN2OS/c13-9-5-3-8(4-6-9)11-14-12(16-15-11)10-2-1-7-17-10/h1-7H. The fourth-order valence-corrected chi connectivity index (χ4v) is 2.21. The summed E-state index contributed by atoms with van der Waals surface area (Å²) in [4.78, 5) is 5.31. The highest BCUT2D eigenvalue weighted by Gasteiger charge is 2.10. The highest BCUT2D eigenvalue weighted by atomic mass is 35.5. The van der Waals surface area contributed by atoms with Gasteiger partial charge < -0.3 is 4.52 Å². The zero-order chi connectivity index (χ0) is 11.7. The van der Waals surface area contributed by atoms with Gasteiger partial charge in [0.25, 0.3) is 5.89 Å². The van der Waals surface area contributed by atoms with E-state index in [0.717, 1.165) is 10.4 Å². The van der Waals surface area contributed by atoms with Gasteiger partial charge in [0.1, 0.15) is 0 Å². The molecule has 0 N–H and O–H groups in total. The summed E-state index contributed by atoms with van der Waals surface area (Å²) in [5, 5.41) is 6.61. The number of rotatable bonds is 2. The van der Waals surface area contributed by atoms with Crippen molar-refractivity contribution in [2.24, 2.45) is 0 Å². The minimum atomic E-state index is 0.546. The van der Waals surface area contributed by atoms with Crippen LogP contribution in [-0.4, -0.2) is 10.1 Å². The maximum absolute atomic E-state index is 5.82. The molecule has 0 spiro atoms. The number of hydrogen-bond donors (Lipinski definition) is 0. The van der Waals surface area contributed by atoms with Crippen LogP contribution in [0.3, 0.4) is 0 Å². The third kappa shape index (κ3) is 2.09. The van der Waals surface area contributed by atoms with Gasteiger partial charge in [-0.25, -0.2) is 0 Å². The monoisotopic (exact) mass is 262 g/mol. The van der Waals surface area contributed by atoms with Crippen LogP contribution in [0.25, 0.3) is 22.2 Å². The summed E-state index contributed by atoms with van der Waals surface area (Å²) in [5.41, 5.74) is 0.890. The maximum Gasteiger partial charge on any atom is 0.268 e. The smallest absolute Gasteiger partial charge is 0.268 e. The molecule has 3 rings (SSSR count). The molecule has 5 heteroatoms. The van der Waals surface area contributed by atoms with Gasteiger partial charge in [-0.2, -0.15) is 4.98 Å². The Labute approximate surface area is 107 Å². The Kier molecular flexibility index (Phi) is 2.66. The van der Waals surface area contributed by atoms with Crippen molar-refractivity contribution in [3.8, 4) is 22.2 Å². The number of aromatic nitrogens is 2. The van der Waals surface area contributed by atoms with Crippen molar-refractivity contribution in [2.45, 2.75) is 0 Å². The van der Waals surface area contributed by atoms with Crippen LogP contribution in [0.2, 0.25) is 5.02 Å². The molecule has 0 aliphatic heterocycles. The first-order valence-electron chi connectivity index (χ1n) is 4.96. The van der Waals surface area contributed by atoms with E-state index in [1.165, 1.54) is 0 Å². The molecule has 0 saturated carbocycles. The van der Waals surface area contributed by atoms with E-state index in [4.69, 9.17) is 16.1 Å². The molecular formula is C12H7ClN2OS. The van der Waals surface area contributed by atoms with E-state index < -0.39 is 0 Å². The van der Waals surface area contributed by atoms with Crippen molar-refractivity contribution >= 4 is 22.9 Å². The van der Waals surface area contributed by atoms with Gasteiger partial charge in [-0.1, -0.05) is 22.8 Å². The van der Waals surface area contributed by atoms with E-state index in [1.54, 1.807) is 23.5 Å². The Bertz CT molecular complexity index is 616. The van der Waals surface area contributed by atoms with Crippen LogP contribution in [0, 0.1) is 0 Å². The molecule has 0 bridgehead atoms. The van der Waals surface area contributed by atoms with Gasteiger partial charge >= 0.3 is 0 Å². The predicted octanol–water partition coefficient (Wildman–Crippen LogP) is 4.12. The molecule has 2 aromatic heterocycles. The van der Waals surface area contributed by atoms with Gasteiger partial charge in [0, 0.05) is 10.6 Å². The third-order valence-corrected chi connectivity index (χ3v) is 3.37. The fourth-order valence-electron chi connectivity index (χ4n) is 1.44. The lowest BCUT2D eigenvalue weighted by Gasteiger charge is -1.92. The molecule has 0 radical (unpaired) electrons. The molecule has 17 heavy (non-hydrogen) atoms. The summed E-state index contributed by atoms with van der Waals surface area (Å²) in [5.74, 6) is 1.12. The topological polar surface area (TPSA) is 38.9 Å². The van der Waals surface area contributed by atoms with Crippen LogP contribution >= 0.6 is 22.9 Å². The van der Waals surface area contributed by atoms with Crippen molar-refractivity contribution in [1.82, 2.24) is 10.1 Å².